The number of carbonyl (C=O) groups excluding carboxylic acids is 6. The topological polar surface area (TPSA) is 207 Å². The summed E-state index contributed by atoms with van der Waals surface area (Å²) in [6.07, 6.45) is 6.34. The van der Waals surface area contributed by atoms with Crippen molar-refractivity contribution in [2.45, 2.75) is 57.4 Å². The van der Waals surface area contributed by atoms with Crippen molar-refractivity contribution in [1.82, 2.24) is 30.4 Å². The lowest BCUT2D eigenvalue weighted by Crippen LogP contribution is -2.54. The highest BCUT2D eigenvalue weighted by Crippen LogP contribution is 2.35. The molecule has 0 radical (unpaired) electrons. The van der Waals surface area contributed by atoms with Crippen LogP contribution in [0.25, 0.3) is 0 Å². The summed E-state index contributed by atoms with van der Waals surface area (Å²) in [4.78, 5) is 90.0. The zero-order valence-corrected chi connectivity index (χ0v) is 38.3. The van der Waals surface area contributed by atoms with Gasteiger partial charge in [0.1, 0.15) is 21.1 Å². The number of ether oxygens (including phenoxy) is 1. The number of thiocarbonyl (C=S) groups is 1. The van der Waals surface area contributed by atoms with Gasteiger partial charge in [0.2, 0.25) is 23.7 Å². The Bertz CT molecular complexity index is 2500. The van der Waals surface area contributed by atoms with E-state index in [2.05, 4.69) is 46.4 Å². The van der Waals surface area contributed by atoms with Gasteiger partial charge in [-0.2, -0.15) is 4.98 Å². The van der Waals surface area contributed by atoms with Crippen molar-refractivity contribution < 1.29 is 33.5 Å². The quantitative estimate of drug-likeness (QED) is 0.0435. The van der Waals surface area contributed by atoms with E-state index >= 15 is 0 Å². The van der Waals surface area contributed by atoms with E-state index in [-0.39, 0.29) is 58.9 Å². The summed E-state index contributed by atoms with van der Waals surface area (Å²) in [5, 5.41) is 14.3. The van der Waals surface area contributed by atoms with E-state index < -0.39 is 29.7 Å². The molecule has 0 bridgehead atoms. The van der Waals surface area contributed by atoms with Crippen LogP contribution in [0.2, 0.25) is 5.02 Å². The number of nitrogens with one attached hydrogen (secondary N) is 5. The number of thioether (sulfide) groups is 1. The SMILES string of the molecule is CNC(=O)c1ccccc1Nc1nc(Nc2ccc(N3CCN(C(=S)SCCCCCCCC(=O)Nc4cccc5c4C(=O)N(C4CCC(=O)NC4=O)C5=O)CC3)cc2OC)ncc1Cl. The number of halogens is 1. The molecule has 2 saturated heterocycles. The van der Waals surface area contributed by atoms with E-state index in [4.69, 9.17) is 28.6 Å². The first-order chi connectivity index (χ1) is 31.4. The maximum atomic E-state index is 13.3. The highest BCUT2D eigenvalue weighted by atomic mass is 35.5. The summed E-state index contributed by atoms with van der Waals surface area (Å²) in [5.41, 5.74) is 3.10. The standard InChI is InChI=1S/C45H49ClN10O7S2/c1-47-40(59)28-11-7-8-13-31(28)50-39-30(46)26-48-44(53-39)51-32-17-16-27(25-35(32)63-2)54-20-22-55(23-21-54)45(64)65-24-9-5-3-4-6-15-36(57)49-33-14-10-12-29-38(33)43(62)56(42(29)61)34-18-19-37(58)52-41(34)60/h7-8,10-14,16-17,25-26,34H,3-6,9,15,18-24H2,1-2H3,(H,47,59)(H,49,57)(H,52,58,60)(H2,48,50,51,53). The van der Waals surface area contributed by atoms with Crippen molar-refractivity contribution >= 4 is 110 Å². The molecule has 0 spiro atoms. The van der Waals surface area contributed by atoms with Crippen LogP contribution in [0, 0.1) is 0 Å². The number of anilines is 6. The molecule has 2 fully saturated rings. The Morgan fingerprint density at radius 1 is 0.908 bits per heavy atom. The highest BCUT2D eigenvalue weighted by Gasteiger charge is 2.45. The molecule has 4 heterocycles. The van der Waals surface area contributed by atoms with Gasteiger partial charge < -0.3 is 35.8 Å². The van der Waals surface area contributed by atoms with E-state index in [0.717, 1.165) is 72.5 Å². The monoisotopic (exact) mass is 940 g/mol. The number of methoxy groups -OCH3 is 1. The molecule has 3 aromatic carbocycles. The van der Waals surface area contributed by atoms with Crippen LogP contribution < -0.4 is 36.2 Å². The van der Waals surface area contributed by atoms with E-state index in [1.54, 1.807) is 56.3 Å². The molecule has 3 aliphatic heterocycles. The molecule has 4 aromatic rings. The van der Waals surface area contributed by atoms with Crippen LogP contribution in [0.5, 0.6) is 5.75 Å². The molecule has 0 aliphatic carbocycles. The normalized spacial score (nSPS) is 15.9. The summed E-state index contributed by atoms with van der Waals surface area (Å²) in [6, 6.07) is 16.6. The fourth-order valence-corrected chi connectivity index (χ4v) is 9.27. The van der Waals surface area contributed by atoms with Crippen molar-refractivity contribution in [1.29, 1.82) is 0 Å². The molecular weight excluding hydrogens is 892 g/mol. The van der Waals surface area contributed by atoms with E-state index in [1.165, 1.54) is 12.3 Å². The molecule has 3 aliphatic rings. The van der Waals surface area contributed by atoms with Gasteiger partial charge in [-0.05, 0) is 55.7 Å². The summed E-state index contributed by atoms with van der Waals surface area (Å²) >= 11 is 13.9. The summed E-state index contributed by atoms with van der Waals surface area (Å²) in [6.45, 7) is 3.17. The van der Waals surface area contributed by atoms with Crippen LogP contribution >= 0.6 is 35.6 Å². The Labute approximate surface area is 390 Å². The Morgan fingerprint density at radius 2 is 1.66 bits per heavy atom. The highest BCUT2D eigenvalue weighted by molar-refractivity contribution is 8.22. The zero-order valence-electron chi connectivity index (χ0n) is 35.9. The van der Waals surface area contributed by atoms with Gasteiger partial charge >= 0.3 is 0 Å². The Hall–Kier alpha value is -6.31. The minimum absolute atomic E-state index is 0.0283. The first kappa shape index (κ1) is 46.7. The number of para-hydroxylation sites is 1. The fourth-order valence-electron chi connectivity index (χ4n) is 7.82. The van der Waals surface area contributed by atoms with Gasteiger partial charge in [-0.1, -0.05) is 73.0 Å². The number of imide groups is 2. The van der Waals surface area contributed by atoms with Crippen molar-refractivity contribution in [3.63, 3.8) is 0 Å². The summed E-state index contributed by atoms with van der Waals surface area (Å²) < 4.78 is 6.64. The van der Waals surface area contributed by atoms with Crippen molar-refractivity contribution in [2.75, 3.05) is 66.9 Å². The Balaban J connectivity index is 0.796. The van der Waals surface area contributed by atoms with Crippen LogP contribution in [0.15, 0.2) is 66.9 Å². The number of piperidine rings is 1. The van der Waals surface area contributed by atoms with Gasteiger partial charge in [-0.3, -0.25) is 39.0 Å². The fraction of sp³-hybridized carbons (Fsp3) is 0.356. The smallest absolute Gasteiger partial charge is 0.264 e. The lowest BCUT2D eigenvalue weighted by molar-refractivity contribution is -0.136. The maximum Gasteiger partial charge on any atom is 0.264 e. The average Bonchev–Trinajstić information content (AvgIpc) is 3.57. The Morgan fingerprint density at radius 3 is 2.43 bits per heavy atom. The molecule has 1 atom stereocenters. The molecular formula is C45H49ClN10O7S2. The lowest BCUT2D eigenvalue weighted by atomic mass is 10.0. The molecule has 1 aromatic heterocycles. The number of piperazine rings is 1. The van der Waals surface area contributed by atoms with Gasteiger partial charge in [0.05, 0.1) is 47.1 Å². The predicted octanol–water partition coefficient (Wildman–Crippen LogP) is 6.51. The molecule has 1 unspecified atom stereocenters. The van der Waals surface area contributed by atoms with Crippen molar-refractivity contribution in [3.05, 3.63) is 88.6 Å². The first-order valence-corrected chi connectivity index (χ1v) is 23.1. The van der Waals surface area contributed by atoms with Crippen molar-refractivity contribution in [3.8, 4) is 5.75 Å². The predicted molar refractivity (Wildman–Crippen MR) is 255 cm³/mol. The third-order valence-corrected chi connectivity index (χ3v) is 13.1. The molecule has 340 valence electrons. The number of amides is 6. The average molecular weight is 942 g/mol. The summed E-state index contributed by atoms with van der Waals surface area (Å²) in [5.74, 6) is -0.760. The van der Waals surface area contributed by atoms with E-state index in [9.17, 15) is 28.8 Å². The second-order valence-electron chi connectivity index (χ2n) is 15.5. The minimum Gasteiger partial charge on any atom is -0.494 e. The van der Waals surface area contributed by atoms with Gasteiger partial charge in [0, 0.05) is 63.6 Å². The second kappa shape index (κ2) is 21.6. The van der Waals surface area contributed by atoms with Crippen LogP contribution in [-0.2, 0) is 14.4 Å². The zero-order chi connectivity index (χ0) is 46.0. The lowest BCUT2D eigenvalue weighted by Gasteiger charge is -2.37. The number of benzene rings is 3. The van der Waals surface area contributed by atoms with Gasteiger partial charge in [-0.15, -0.1) is 0 Å². The first-order valence-electron chi connectivity index (χ1n) is 21.3. The van der Waals surface area contributed by atoms with Crippen LogP contribution in [-0.4, -0.2) is 112 Å². The van der Waals surface area contributed by atoms with Crippen LogP contribution in [0.3, 0.4) is 0 Å². The second-order valence-corrected chi connectivity index (χ2v) is 17.6. The van der Waals surface area contributed by atoms with E-state index in [0.29, 0.717) is 34.9 Å². The van der Waals surface area contributed by atoms with Crippen molar-refractivity contribution in [2.24, 2.45) is 0 Å². The number of rotatable bonds is 17. The number of unbranched alkanes of at least 4 members (excludes halogenated alkanes) is 4. The third-order valence-electron chi connectivity index (χ3n) is 11.2. The number of fused-ring (bicyclic) bond motifs is 1. The third kappa shape index (κ3) is 11.1. The maximum absolute atomic E-state index is 13.3. The van der Waals surface area contributed by atoms with Gasteiger partial charge in [0.25, 0.3) is 17.7 Å². The molecule has 20 heteroatoms. The largest absolute Gasteiger partial charge is 0.494 e. The molecule has 6 amide bonds. The molecule has 17 nitrogen and oxygen atoms in total. The van der Waals surface area contributed by atoms with Gasteiger partial charge in [0.15, 0.2) is 5.82 Å². The number of hydrogen-bond donors (Lipinski definition) is 5. The number of hydrogen-bond acceptors (Lipinski definition) is 14. The number of carbonyl (C=O) groups is 6. The molecule has 65 heavy (non-hydrogen) atoms. The molecule has 7 rings (SSSR count). The molecule has 5 N–H and O–H groups in total. The number of nitrogens with zero attached hydrogens (tertiary/aromatic N) is 5. The van der Waals surface area contributed by atoms with Crippen LogP contribution in [0.1, 0.15) is 82.4 Å². The van der Waals surface area contributed by atoms with E-state index in [1.807, 2.05) is 24.3 Å². The van der Waals surface area contributed by atoms with Gasteiger partial charge in [-0.25, -0.2) is 4.98 Å². The Kier molecular flexibility index (Phi) is 15.5. The minimum atomic E-state index is -1.08. The number of aromatic nitrogens is 2. The summed E-state index contributed by atoms with van der Waals surface area (Å²) in [7, 11) is 3.18. The molecule has 0 saturated carbocycles. The van der Waals surface area contributed by atoms with Crippen LogP contribution in [0.4, 0.5) is 34.5 Å².